The highest BCUT2D eigenvalue weighted by Crippen LogP contribution is 2.21. The SMILES string of the molecule is O=C(/C=C/c1cc(Br)cs1)Nc1cccc([N+](=O)[O-])c1. The molecular formula is C13H9BrN2O3S. The molecule has 2 aromatic rings. The van der Waals surface area contributed by atoms with E-state index in [4.69, 9.17) is 0 Å². The van der Waals surface area contributed by atoms with Crippen LogP contribution in [-0.2, 0) is 4.79 Å². The molecule has 102 valence electrons. The second kappa shape index (κ2) is 6.44. The Balaban J connectivity index is 2.02. The standard InChI is InChI=1S/C13H9BrN2O3S/c14-9-6-12(20-8-9)4-5-13(17)15-10-2-1-3-11(7-10)16(18)19/h1-8H,(H,15,17)/b5-4+. The predicted molar refractivity (Wildman–Crippen MR) is 82.8 cm³/mol. The van der Waals surface area contributed by atoms with Gasteiger partial charge in [0.2, 0.25) is 5.91 Å². The zero-order valence-corrected chi connectivity index (χ0v) is 12.5. The van der Waals surface area contributed by atoms with Gasteiger partial charge in [0.05, 0.1) is 4.92 Å². The number of amides is 1. The highest BCUT2D eigenvalue weighted by molar-refractivity contribution is 9.10. The third kappa shape index (κ3) is 4.01. The summed E-state index contributed by atoms with van der Waals surface area (Å²) >= 11 is 4.83. The van der Waals surface area contributed by atoms with Gasteiger partial charge in [-0.25, -0.2) is 0 Å². The first-order chi connectivity index (χ1) is 9.54. The summed E-state index contributed by atoms with van der Waals surface area (Å²) in [5, 5.41) is 15.1. The van der Waals surface area contributed by atoms with E-state index in [1.807, 2.05) is 11.4 Å². The summed E-state index contributed by atoms with van der Waals surface area (Å²) in [6.07, 6.45) is 3.07. The van der Waals surface area contributed by atoms with Crippen molar-refractivity contribution in [3.05, 3.63) is 61.3 Å². The van der Waals surface area contributed by atoms with Crippen molar-refractivity contribution in [3.63, 3.8) is 0 Å². The highest BCUT2D eigenvalue weighted by Gasteiger charge is 2.06. The van der Waals surface area contributed by atoms with E-state index in [2.05, 4.69) is 21.2 Å². The number of thiophene rings is 1. The molecule has 1 heterocycles. The zero-order chi connectivity index (χ0) is 14.5. The average molecular weight is 353 g/mol. The summed E-state index contributed by atoms with van der Waals surface area (Å²) in [5.41, 5.74) is 0.329. The van der Waals surface area contributed by atoms with Gasteiger partial charge >= 0.3 is 0 Å². The zero-order valence-electron chi connectivity index (χ0n) is 10.1. The Hall–Kier alpha value is -1.99. The van der Waals surface area contributed by atoms with Crippen molar-refractivity contribution >= 4 is 50.6 Å². The first-order valence-corrected chi connectivity index (χ1v) is 7.19. The van der Waals surface area contributed by atoms with Crippen LogP contribution in [-0.4, -0.2) is 10.8 Å². The minimum absolute atomic E-state index is 0.0611. The molecule has 0 spiro atoms. The summed E-state index contributed by atoms with van der Waals surface area (Å²) < 4.78 is 0.959. The van der Waals surface area contributed by atoms with Gasteiger partial charge in [-0.1, -0.05) is 6.07 Å². The Kier molecular flexibility index (Phi) is 4.65. The molecule has 0 aliphatic rings. The number of carbonyl (C=O) groups excluding carboxylic acids is 1. The van der Waals surface area contributed by atoms with Gasteiger partial charge in [0.15, 0.2) is 0 Å². The minimum atomic E-state index is -0.505. The average Bonchev–Trinajstić information content (AvgIpc) is 2.82. The van der Waals surface area contributed by atoms with Crippen LogP contribution in [0.3, 0.4) is 0 Å². The first kappa shape index (κ1) is 14.4. The number of halogens is 1. The van der Waals surface area contributed by atoms with Gasteiger partial charge in [-0.15, -0.1) is 11.3 Å². The summed E-state index contributed by atoms with van der Waals surface area (Å²) in [6.45, 7) is 0. The van der Waals surface area contributed by atoms with Crippen molar-refractivity contribution in [1.29, 1.82) is 0 Å². The molecule has 0 unspecified atom stereocenters. The lowest BCUT2D eigenvalue weighted by Gasteiger charge is -2.01. The van der Waals surface area contributed by atoms with E-state index in [-0.39, 0.29) is 11.6 Å². The number of hydrogen-bond donors (Lipinski definition) is 1. The highest BCUT2D eigenvalue weighted by atomic mass is 79.9. The number of carbonyl (C=O) groups is 1. The van der Waals surface area contributed by atoms with Crippen molar-refractivity contribution in [2.75, 3.05) is 5.32 Å². The molecule has 1 aromatic carbocycles. The molecule has 0 fully saturated rings. The van der Waals surface area contributed by atoms with Crippen molar-refractivity contribution < 1.29 is 9.72 Å². The number of non-ortho nitro benzene ring substituents is 1. The second-order valence-corrected chi connectivity index (χ2v) is 5.66. The van der Waals surface area contributed by atoms with E-state index in [0.29, 0.717) is 5.69 Å². The Morgan fingerprint density at radius 2 is 2.20 bits per heavy atom. The molecular weight excluding hydrogens is 344 g/mol. The topological polar surface area (TPSA) is 72.2 Å². The Morgan fingerprint density at radius 1 is 1.40 bits per heavy atom. The number of nitrogens with zero attached hydrogens (tertiary/aromatic N) is 1. The van der Waals surface area contributed by atoms with E-state index in [1.165, 1.54) is 35.6 Å². The fraction of sp³-hybridized carbons (Fsp3) is 0. The van der Waals surface area contributed by atoms with Crippen LogP contribution in [0.2, 0.25) is 0 Å². The van der Waals surface area contributed by atoms with Crippen molar-refractivity contribution in [1.82, 2.24) is 0 Å². The molecule has 1 amide bonds. The number of nitrogens with one attached hydrogen (secondary N) is 1. The van der Waals surface area contributed by atoms with E-state index in [1.54, 1.807) is 12.1 Å². The maximum Gasteiger partial charge on any atom is 0.271 e. The molecule has 7 heteroatoms. The molecule has 0 radical (unpaired) electrons. The van der Waals surface area contributed by atoms with Crippen LogP contribution in [0, 0.1) is 10.1 Å². The molecule has 5 nitrogen and oxygen atoms in total. The molecule has 0 saturated carbocycles. The number of anilines is 1. The van der Waals surface area contributed by atoms with Crippen molar-refractivity contribution in [2.24, 2.45) is 0 Å². The molecule has 0 aliphatic carbocycles. The molecule has 0 aliphatic heterocycles. The van der Waals surface area contributed by atoms with Gasteiger partial charge in [-0.05, 0) is 34.1 Å². The lowest BCUT2D eigenvalue weighted by molar-refractivity contribution is -0.384. The molecule has 0 atom stereocenters. The number of hydrogen-bond acceptors (Lipinski definition) is 4. The van der Waals surface area contributed by atoms with Crippen LogP contribution in [0.1, 0.15) is 4.88 Å². The Morgan fingerprint density at radius 3 is 2.85 bits per heavy atom. The van der Waals surface area contributed by atoms with Crippen molar-refractivity contribution in [2.45, 2.75) is 0 Å². The van der Waals surface area contributed by atoms with Crippen LogP contribution in [0.15, 0.2) is 46.3 Å². The van der Waals surface area contributed by atoms with Crippen LogP contribution < -0.4 is 5.32 Å². The quantitative estimate of drug-likeness (QED) is 0.512. The van der Waals surface area contributed by atoms with Gasteiger partial charge in [0.1, 0.15) is 0 Å². The summed E-state index contributed by atoms with van der Waals surface area (Å²) in [6, 6.07) is 7.69. The largest absolute Gasteiger partial charge is 0.322 e. The number of nitro benzene ring substituents is 1. The smallest absolute Gasteiger partial charge is 0.271 e. The molecule has 2 rings (SSSR count). The van der Waals surface area contributed by atoms with E-state index >= 15 is 0 Å². The second-order valence-electron chi connectivity index (χ2n) is 3.80. The predicted octanol–water partition coefficient (Wildman–Crippen LogP) is 4.07. The van der Waals surface area contributed by atoms with Crippen LogP contribution in [0.25, 0.3) is 6.08 Å². The fourth-order valence-electron chi connectivity index (χ4n) is 1.45. The molecule has 0 bridgehead atoms. The normalized spacial score (nSPS) is 10.7. The van der Waals surface area contributed by atoms with Gasteiger partial charge in [0.25, 0.3) is 5.69 Å². The summed E-state index contributed by atoms with van der Waals surface area (Å²) in [7, 11) is 0. The number of nitro groups is 1. The van der Waals surface area contributed by atoms with Crippen LogP contribution in [0.4, 0.5) is 11.4 Å². The maximum absolute atomic E-state index is 11.7. The lowest BCUT2D eigenvalue weighted by atomic mass is 10.3. The third-order valence-electron chi connectivity index (χ3n) is 2.31. The Labute approximate surface area is 127 Å². The first-order valence-electron chi connectivity index (χ1n) is 5.52. The van der Waals surface area contributed by atoms with Gasteiger partial charge in [-0.2, -0.15) is 0 Å². The minimum Gasteiger partial charge on any atom is -0.322 e. The monoisotopic (exact) mass is 352 g/mol. The number of benzene rings is 1. The van der Waals surface area contributed by atoms with E-state index < -0.39 is 4.92 Å². The maximum atomic E-state index is 11.7. The van der Waals surface area contributed by atoms with Crippen molar-refractivity contribution in [3.8, 4) is 0 Å². The Bertz CT molecular complexity index is 682. The van der Waals surface area contributed by atoms with Gasteiger partial charge in [-0.3, -0.25) is 14.9 Å². The van der Waals surface area contributed by atoms with Gasteiger partial charge in [0, 0.05) is 38.6 Å². The number of rotatable bonds is 4. The molecule has 1 N–H and O–H groups in total. The summed E-state index contributed by atoms with van der Waals surface area (Å²) in [4.78, 5) is 22.8. The lowest BCUT2D eigenvalue weighted by Crippen LogP contribution is -2.07. The third-order valence-corrected chi connectivity index (χ3v) is 3.97. The molecule has 1 aromatic heterocycles. The van der Waals surface area contributed by atoms with E-state index in [0.717, 1.165) is 9.35 Å². The summed E-state index contributed by atoms with van der Waals surface area (Å²) in [5.74, 6) is -0.338. The molecule has 0 saturated heterocycles. The molecule has 20 heavy (non-hydrogen) atoms. The van der Waals surface area contributed by atoms with Crippen LogP contribution >= 0.6 is 27.3 Å². The van der Waals surface area contributed by atoms with E-state index in [9.17, 15) is 14.9 Å². The van der Waals surface area contributed by atoms with Crippen LogP contribution in [0.5, 0.6) is 0 Å². The fourth-order valence-corrected chi connectivity index (χ4v) is 2.79. The van der Waals surface area contributed by atoms with Gasteiger partial charge < -0.3 is 5.32 Å².